The van der Waals surface area contributed by atoms with Gasteiger partial charge in [0.15, 0.2) is 0 Å². The summed E-state index contributed by atoms with van der Waals surface area (Å²) in [5.74, 6) is 0.623. The Hall–Kier alpha value is -2.78. The average Bonchev–Trinajstić information content (AvgIpc) is 3.10. The lowest BCUT2D eigenvalue weighted by atomic mass is 10.3. The van der Waals surface area contributed by atoms with Crippen LogP contribution < -0.4 is 9.46 Å². The van der Waals surface area contributed by atoms with Crippen molar-refractivity contribution in [3.05, 3.63) is 60.7 Å². The standard InChI is InChI=1S/C17H19N5O3S/c1-13(2)25-16-5-7-17(8-6-16)26(23,24)19-10-14-12-22(21-20-14)15-4-3-9-18-11-15/h3-9,11-13,19H,10H2,1-2H3. The summed E-state index contributed by atoms with van der Waals surface area (Å²) < 4.78 is 34.4. The average molecular weight is 373 g/mol. The molecule has 0 unspecified atom stereocenters. The molecule has 1 N–H and O–H groups in total. The van der Waals surface area contributed by atoms with Crippen LogP contribution in [0.1, 0.15) is 19.5 Å². The van der Waals surface area contributed by atoms with Gasteiger partial charge in [-0.1, -0.05) is 5.21 Å². The van der Waals surface area contributed by atoms with Crippen molar-refractivity contribution in [3.63, 3.8) is 0 Å². The van der Waals surface area contributed by atoms with Crippen molar-refractivity contribution in [2.45, 2.75) is 31.4 Å². The Kier molecular flexibility index (Phi) is 5.29. The van der Waals surface area contributed by atoms with Crippen molar-refractivity contribution in [3.8, 4) is 11.4 Å². The SMILES string of the molecule is CC(C)Oc1ccc(S(=O)(=O)NCc2cn(-c3cccnc3)nn2)cc1. The van der Waals surface area contributed by atoms with E-state index < -0.39 is 10.0 Å². The van der Waals surface area contributed by atoms with E-state index in [0.717, 1.165) is 5.69 Å². The van der Waals surface area contributed by atoms with Crippen LogP contribution in [0.15, 0.2) is 59.9 Å². The van der Waals surface area contributed by atoms with E-state index in [4.69, 9.17) is 4.74 Å². The van der Waals surface area contributed by atoms with Crippen molar-refractivity contribution >= 4 is 10.0 Å². The molecule has 0 saturated carbocycles. The van der Waals surface area contributed by atoms with Gasteiger partial charge in [0.1, 0.15) is 5.75 Å². The molecule has 136 valence electrons. The minimum absolute atomic E-state index is 0.0259. The van der Waals surface area contributed by atoms with E-state index in [2.05, 4.69) is 20.0 Å². The quantitative estimate of drug-likeness (QED) is 0.679. The predicted octanol–water partition coefficient (Wildman–Crippen LogP) is 1.93. The van der Waals surface area contributed by atoms with Gasteiger partial charge in [-0.25, -0.2) is 17.8 Å². The number of hydrogen-bond donors (Lipinski definition) is 1. The van der Waals surface area contributed by atoms with Gasteiger partial charge in [-0.05, 0) is 50.2 Å². The second-order valence-corrected chi connectivity index (χ2v) is 7.60. The molecule has 0 saturated heterocycles. The van der Waals surface area contributed by atoms with Gasteiger partial charge >= 0.3 is 0 Å². The summed E-state index contributed by atoms with van der Waals surface area (Å²) in [6, 6.07) is 9.89. The summed E-state index contributed by atoms with van der Waals surface area (Å²) in [4.78, 5) is 4.17. The molecule has 3 aromatic rings. The van der Waals surface area contributed by atoms with Gasteiger partial charge in [0.05, 0.1) is 41.3 Å². The molecular weight excluding hydrogens is 354 g/mol. The number of nitrogens with zero attached hydrogens (tertiary/aromatic N) is 4. The van der Waals surface area contributed by atoms with E-state index in [1.165, 1.54) is 16.8 Å². The minimum Gasteiger partial charge on any atom is -0.491 e. The summed E-state index contributed by atoms with van der Waals surface area (Å²) in [5.41, 5.74) is 1.24. The van der Waals surface area contributed by atoms with Gasteiger partial charge in [0.2, 0.25) is 10.0 Å². The van der Waals surface area contributed by atoms with Crippen molar-refractivity contribution in [1.82, 2.24) is 24.7 Å². The molecule has 0 spiro atoms. The molecule has 0 bridgehead atoms. The normalized spacial score (nSPS) is 11.7. The maximum absolute atomic E-state index is 12.4. The van der Waals surface area contributed by atoms with E-state index in [9.17, 15) is 8.42 Å². The number of sulfonamides is 1. The van der Waals surface area contributed by atoms with Crippen LogP contribution in [0.25, 0.3) is 5.69 Å². The first-order chi connectivity index (χ1) is 12.4. The molecule has 0 amide bonds. The molecule has 0 radical (unpaired) electrons. The molecule has 9 heteroatoms. The molecule has 3 rings (SSSR count). The highest BCUT2D eigenvalue weighted by Crippen LogP contribution is 2.17. The summed E-state index contributed by atoms with van der Waals surface area (Å²) >= 11 is 0. The lowest BCUT2D eigenvalue weighted by Gasteiger charge is -2.10. The van der Waals surface area contributed by atoms with Crippen LogP contribution >= 0.6 is 0 Å². The highest BCUT2D eigenvalue weighted by atomic mass is 32.2. The summed E-state index contributed by atoms with van der Waals surface area (Å²) in [7, 11) is -3.65. The van der Waals surface area contributed by atoms with Gasteiger partial charge in [0, 0.05) is 6.20 Å². The molecule has 0 fully saturated rings. The van der Waals surface area contributed by atoms with Gasteiger partial charge in [-0.3, -0.25) is 4.98 Å². The van der Waals surface area contributed by atoms with E-state index in [-0.39, 0.29) is 17.5 Å². The first kappa shape index (κ1) is 18.0. The van der Waals surface area contributed by atoms with Crippen LogP contribution in [0.3, 0.4) is 0 Å². The van der Waals surface area contributed by atoms with Crippen molar-refractivity contribution < 1.29 is 13.2 Å². The maximum Gasteiger partial charge on any atom is 0.240 e. The molecule has 8 nitrogen and oxygen atoms in total. The largest absolute Gasteiger partial charge is 0.491 e. The first-order valence-electron chi connectivity index (χ1n) is 8.02. The van der Waals surface area contributed by atoms with Crippen LogP contribution in [-0.2, 0) is 16.6 Å². The number of aromatic nitrogens is 4. The Morgan fingerprint density at radius 3 is 2.62 bits per heavy atom. The van der Waals surface area contributed by atoms with Crippen molar-refractivity contribution in [1.29, 1.82) is 0 Å². The third-order valence-electron chi connectivity index (χ3n) is 3.40. The third-order valence-corrected chi connectivity index (χ3v) is 4.82. The maximum atomic E-state index is 12.4. The zero-order valence-electron chi connectivity index (χ0n) is 14.4. The molecule has 26 heavy (non-hydrogen) atoms. The van der Waals surface area contributed by atoms with Crippen molar-refractivity contribution in [2.24, 2.45) is 0 Å². The summed E-state index contributed by atoms with van der Waals surface area (Å²) in [6.45, 7) is 3.85. The monoisotopic (exact) mass is 373 g/mol. The lowest BCUT2D eigenvalue weighted by Crippen LogP contribution is -2.23. The summed E-state index contributed by atoms with van der Waals surface area (Å²) in [5, 5.41) is 7.95. The Balaban J connectivity index is 1.66. The number of ether oxygens (including phenoxy) is 1. The zero-order valence-corrected chi connectivity index (χ0v) is 15.2. The molecular formula is C17H19N5O3S. The van der Waals surface area contributed by atoms with Crippen LogP contribution in [0.4, 0.5) is 0 Å². The molecule has 0 aliphatic rings. The van der Waals surface area contributed by atoms with Gasteiger partial charge in [-0.15, -0.1) is 5.10 Å². The fraction of sp³-hybridized carbons (Fsp3) is 0.235. The number of nitrogens with one attached hydrogen (secondary N) is 1. The van der Waals surface area contributed by atoms with Gasteiger partial charge in [0.25, 0.3) is 0 Å². The number of rotatable bonds is 7. The Bertz CT molecular complexity index is 954. The second kappa shape index (κ2) is 7.63. The van der Waals surface area contributed by atoms with Crippen LogP contribution in [-0.4, -0.2) is 34.5 Å². The number of hydrogen-bond acceptors (Lipinski definition) is 6. The predicted molar refractivity (Wildman–Crippen MR) is 95.4 cm³/mol. The zero-order chi connectivity index (χ0) is 18.6. The molecule has 0 aliphatic carbocycles. The topological polar surface area (TPSA) is 99.0 Å². The van der Waals surface area contributed by atoms with Crippen LogP contribution in [0.5, 0.6) is 5.75 Å². The Morgan fingerprint density at radius 1 is 1.19 bits per heavy atom. The van der Waals surface area contributed by atoms with Crippen molar-refractivity contribution in [2.75, 3.05) is 0 Å². The fourth-order valence-corrected chi connectivity index (χ4v) is 3.22. The fourth-order valence-electron chi connectivity index (χ4n) is 2.22. The van der Waals surface area contributed by atoms with E-state index >= 15 is 0 Å². The smallest absolute Gasteiger partial charge is 0.240 e. The molecule has 0 atom stereocenters. The highest BCUT2D eigenvalue weighted by molar-refractivity contribution is 7.89. The number of pyridine rings is 1. The van der Waals surface area contributed by atoms with E-state index in [1.807, 2.05) is 19.9 Å². The van der Waals surface area contributed by atoms with Gasteiger partial charge in [-0.2, -0.15) is 0 Å². The number of benzene rings is 1. The van der Waals surface area contributed by atoms with Crippen LogP contribution in [0.2, 0.25) is 0 Å². The molecule has 2 aromatic heterocycles. The molecule has 0 aliphatic heterocycles. The van der Waals surface area contributed by atoms with E-state index in [1.54, 1.807) is 36.8 Å². The third kappa shape index (κ3) is 4.44. The lowest BCUT2D eigenvalue weighted by molar-refractivity contribution is 0.242. The van der Waals surface area contributed by atoms with Crippen LogP contribution in [0, 0.1) is 0 Å². The minimum atomic E-state index is -3.65. The molecule has 2 heterocycles. The highest BCUT2D eigenvalue weighted by Gasteiger charge is 2.15. The molecule has 1 aromatic carbocycles. The second-order valence-electron chi connectivity index (χ2n) is 5.83. The first-order valence-corrected chi connectivity index (χ1v) is 9.50. The van der Waals surface area contributed by atoms with E-state index in [0.29, 0.717) is 11.4 Å². The Morgan fingerprint density at radius 2 is 1.96 bits per heavy atom. The van der Waals surface area contributed by atoms with Gasteiger partial charge < -0.3 is 4.74 Å². The Labute approximate surface area is 151 Å². The summed E-state index contributed by atoms with van der Waals surface area (Å²) in [6.07, 6.45) is 4.98.